The molecule has 0 fully saturated rings. The molecular formula is C20H17N3O3. The van der Waals surface area contributed by atoms with E-state index in [2.05, 4.69) is 10.1 Å². The molecule has 2 heterocycles. The van der Waals surface area contributed by atoms with Crippen molar-refractivity contribution >= 4 is 5.65 Å². The summed E-state index contributed by atoms with van der Waals surface area (Å²) in [5, 5.41) is 4.51. The molecule has 2 aromatic carbocycles. The fourth-order valence-corrected chi connectivity index (χ4v) is 2.73. The number of methoxy groups -OCH3 is 2. The SMILES string of the molecule is COc1ccccc1Oc1ccc2nc(-c3ccccc3)c(OC)n2n1. The van der Waals surface area contributed by atoms with Crippen LogP contribution in [0.5, 0.6) is 23.3 Å². The second-order valence-electron chi connectivity index (χ2n) is 5.53. The molecule has 0 spiro atoms. The number of para-hydroxylation sites is 2. The van der Waals surface area contributed by atoms with Gasteiger partial charge in [0.15, 0.2) is 17.1 Å². The lowest BCUT2D eigenvalue weighted by molar-refractivity contribution is 0.364. The summed E-state index contributed by atoms with van der Waals surface area (Å²) >= 11 is 0. The van der Waals surface area contributed by atoms with Crippen molar-refractivity contribution in [2.75, 3.05) is 14.2 Å². The summed E-state index contributed by atoms with van der Waals surface area (Å²) in [6.45, 7) is 0. The summed E-state index contributed by atoms with van der Waals surface area (Å²) in [7, 11) is 3.20. The highest BCUT2D eigenvalue weighted by molar-refractivity contribution is 5.69. The van der Waals surface area contributed by atoms with Gasteiger partial charge in [-0.3, -0.25) is 0 Å². The minimum atomic E-state index is 0.414. The van der Waals surface area contributed by atoms with Gasteiger partial charge >= 0.3 is 0 Å². The molecule has 0 unspecified atom stereocenters. The number of hydrogen-bond donors (Lipinski definition) is 0. The lowest BCUT2D eigenvalue weighted by atomic mass is 10.2. The maximum absolute atomic E-state index is 5.88. The van der Waals surface area contributed by atoms with Crippen molar-refractivity contribution in [2.24, 2.45) is 0 Å². The monoisotopic (exact) mass is 347 g/mol. The number of rotatable bonds is 5. The van der Waals surface area contributed by atoms with Gasteiger partial charge in [0.1, 0.15) is 5.69 Å². The first-order valence-corrected chi connectivity index (χ1v) is 8.10. The largest absolute Gasteiger partial charge is 0.493 e. The zero-order valence-electron chi connectivity index (χ0n) is 14.4. The van der Waals surface area contributed by atoms with E-state index in [9.17, 15) is 0 Å². The van der Waals surface area contributed by atoms with Gasteiger partial charge in [-0.1, -0.05) is 42.5 Å². The molecule has 0 amide bonds. The van der Waals surface area contributed by atoms with Gasteiger partial charge in [0, 0.05) is 11.6 Å². The fourth-order valence-electron chi connectivity index (χ4n) is 2.73. The fraction of sp³-hybridized carbons (Fsp3) is 0.100. The predicted molar refractivity (Wildman–Crippen MR) is 98.0 cm³/mol. The van der Waals surface area contributed by atoms with Crippen molar-refractivity contribution in [2.45, 2.75) is 0 Å². The number of ether oxygens (including phenoxy) is 3. The Labute approximate surface area is 150 Å². The topological polar surface area (TPSA) is 57.9 Å². The van der Waals surface area contributed by atoms with Gasteiger partial charge in [-0.2, -0.15) is 4.52 Å². The van der Waals surface area contributed by atoms with Crippen LogP contribution >= 0.6 is 0 Å². The van der Waals surface area contributed by atoms with Gasteiger partial charge in [-0.25, -0.2) is 4.98 Å². The van der Waals surface area contributed by atoms with E-state index in [0.29, 0.717) is 28.9 Å². The Balaban J connectivity index is 1.77. The zero-order valence-corrected chi connectivity index (χ0v) is 14.4. The molecule has 0 saturated carbocycles. The van der Waals surface area contributed by atoms with Crippen LogP contribution in [0.15, 0.2) is 66.7 Å². The smallest absolute Gasteiger partial charge is 0.243 e. The standard InChI is InChI=1S/C20H17N3O3/c1-24-15-10-6-7-11-16(15)26-18-13-12-17-21-19(14-8-4-3-5-9-14)20(25-2)23(17)22-18/h3-13H,1-2H3. The highest BCUT2D eigenvalue weighted by atomic mass is 16.5. The van der Waals surface area contributed by atoms with E-state index in [4.69, 9.17) is 14.2 Å². The number of aromatic nitrogens is 3. The molecule has 0 atom stereocenters. The quantitative estimate of drug-likeness (QED) is 0.541. The van der Waals surface area contributed by atoms with E-state index < -0.39 is 0 Å². The third kappa shape index (κ3) is 2.82. The Hall–Kier alpha value is -3.54. The highest BCUT2D eigenvalue weighted by Crippen LogP contribution is 2.33. The molecule has 0 radical (unpaired) electrons. The average molecular weight is 347 g/mol. The normalized spacial score (nSPS) is 10.7. The molecule has 6 heteroatoms. The van der Waals surface area contributed by atoms with Crippen LogP contribution in [0.4, 0.5) is 0 Å². The molecule has 26 heavy (non-hydrogen) atoms. The molecular weight excluding hydrogens is 330 g/mol. The summed E-state index contributed by atoms with van der Waals surface area (Å²) in [5.74, 6) is 2.19. The molecule has 4 aromatic rings. The minimum Gasteiger partial charge on any atom is -0.493 e. The van der Waals surface area contributed by atoms with Gasteiger partial charge in [0.05, 0.1) is 14.2 Å². The number of hydrogen-bond acceptors (Lipinski definition) is 5. The second kappa shape index (κ2) is 6.76. The lowest BCUT2D eigenvalue weighted by Gasteiger charge is -2.09. The van der Waals surface area contributed by atoms with Crippen molar-refractivity contribution in [3.8, 4) is 34.5 Å². The first-order valence-electron chi connectivity index (χ1n) is 8.10. The Morgan fingerprint density at radius 2 is 1.50 bits per heavy atom. The first kappa shape index (κ1) is 16.0. The zero-order chi connectivity index (χ0) is 17.9. The summed E-state index contributed by atoms with van der Waals surface area (Å²) in [5.41, 5.74) is 2.37. The van der Waals surface area contributed by atoms with Crippen LogP contribution < -0.4 is 14.2 Å². The average Bonchev–Trinajstić information content (AvgIpc) is 3.07. The van der Waals surface area contributed by atoms with Crippen LogP contribution in [-0.4, -0.2) is 28.8 Å². The van der Waals surface area contributed by atoms with Gasteiger partial charge in [0.2, 0.25) is 11.8 Å². The number of nitrogens with zero attached hydrogens (tertiary/aromatic N) is 3. The van der Waals surface area contributed by atoms with Crippen LogP contribution in [0, 0.1) is 0 Å². The molecule has 0 N–H and O–H groups in total. The molecule has 0 saturated heterocycles. The van der Waals surface area contributed by atoms with Crippen molar-refractivity contribution in [1.82, 2.24) is 14.6 Å². The molecule has 2 aromatic heterocycles. The van der Waals surface area contributed by atoms with E-state index in [1.807, 2.05) is 60.7 Å². The van der Waals surface area contributed by atoms with Crippen LogP contribution in [0.2, 0.25) is 0 Å². The Kier molecular flexibility index (Phi) is 4.15. The summed E-state index contributed by atoms with van der Waals surface area (Å²) in [4.78, 5) is 4.63. The van der Waals surface area contributed by atoms with Gasteiger partial charge in [-0.05, 0) is 18.2 Å². The summed E-state index contributed by atoms with van der Waals surface area (Å²) < 4.78 is 18.4. The second-order valence-corrected chi connectivity index (χ2v) is 5.53. The summed E-state index contributed by atoms with van der Waals surface area (Å²) in [6, 6.07) is 20.9. The number of benzene rings is 2. The molecule has 4 rings (SSSR count). The Morgan fingerprint density at radius 3 is 2.23 bits per heavy atom. The number of imidazole rings is 1. The van der Waals surface area contributed by atoms with E-state index in [1.54, 1.807) is 24.8 Å². The Morgan fingerprint density at radius 1 is 0.769 bits per heavy atom. The maximum Gasteiger partial charge on any atom is 0.243 e. The minimum absolute atomic E-state index is 0.414. The lowest BCUT2D eigenvalue weighted by Crippen LogP contribution is -1.99. The van der Waals surface area contributed by atoms with Gasteiger partial charge in [-0.15, -0.1) is 5.10 Å². The number of fused-ring (bicyclic) bond motifs is 1. The van der Waals surface area contributed by atoms with Crippen molar-refractivity contribution in [3.05, 3.63) is 66.7 Å². The molecule has 0 aliphatic carbocycles. The molecule has 6 nitrogen and oxygen atoms in total. The van der Waals surface area contributed by atoms with E-state index in [-0.39, 0.29) is 0 Å². The predicted octanol–water partition coefficient (Wildman–Crippen LogP) is 4.21. The van der Waals surface area contributed by atoms with Crippen molar-refractivity contribution < 1.29 is 14.2 Å². The molecule has 0 bridgehead atoms. The van der Waals surface area contributed by atoms with Crippen molar-refractivity contribution in [3.63, 3.8) is 0 Å². The van der Waals surface area contributed by atoms with Gasteiger partial charge in [0.25, 0.3) is 0 Å². The molecule has 130 valence electrons. The Bertz CT molecular complexity index is 1040. The van der Waals surface area contributed by atoms with Crippen LogP contribution in [0.1, 0.15) is 0 Å². The van der Waals surface area contributed by atoms with E-state index in [1.165, 1.54) is 0 Å². The van der Waals surface area contributed by atoms with Gasteiger partial charge < -0.3 is 14.2 Å². The third-order valence-electron chi connectivity index (χ3n) is 3.94. The van der Waals surface area contributed by atoms with E-state index >= 15 is 0 Å². The molecule has 0 aliphatic heterocycles. The third-order valence-corrected chi connectivity index (χ3v) is 3.94. The van der Waals surface area contributed by atoms with Crippen LogP contribution in [0.25, 0.3) is 16.9 Å². The first-order chi connectivity index (χ1) is 12.8. The highest BCUT2D eigenvalue weighted by Gasteiger charge is 2.16. The summed E-state index contributed by atoms with van der Waals surface area (Å²) in [6.07, 6.45) is 0. The maximum atomic E-state index is 5.88. The van der Waals surface area contributed by atoms with Crippen molar-refractivity contribution in [1.29, 1.82) is 0 Å². The molecule has 0 aliphatic rings. The van der Waals surface area contributed by atoms with Crippen LogP contribution in [0.3, 0.4) is 0 Å². The van der Waals surface area contributed by atoms with Crippen LogP contribution in [-0.2, 0) is 0 Å². The van der Waals surface area contributed by atoms with E-state index in [0.717, 1.165) is 11.3 Å².